The van der Waals surface area contributed by atoms with Crippen molar-refractivity contribution in [3.63, 3.8) is 0 Å². The number of rotatable bonds is 2. The lowest BCUT2D eigenvalue weighted by molar-refractivity contribution is -0.138. The van der Waals surface area contributed by atoms with E-state index in [0.29, 0.717) is 12.1 Å². The second kappa shape index (κ2) is 4.72. The SMILES string of the molecule is N#Cc1c(F)ccc(C(=O)CCl)c1C(F)(F)F. The molecule has 7 heteroatoms. The maximum atomic E-state index is 13.1. The van der Waals surface area contributed by atoms with Crippen molar-refractivity contribution in [2.24, 2.45) is 0 Å². The van der Waals surface area contributed by atoms with Gasteiger partial charge in [-0.25, -0.2) is 4.39 Å². The highest BCUT2D eigenvalue weighted by Crippen LogP contribution is 2.35. The first-order valence-electron chi connectivity index (χ1n) is 4.22. The fraction of sp³-hybridized carbons (Fsp3) is 0.200. The highest BCUT2D eigenvalue weighted by atomic mass is 35.5. The lowest BCUT2D eigenvalue weighted by atomic mass is 9.98. The van der Waals surface area contributed by atoms with Gasteiger partial charge in [0.15, 0.2) is 5.78 Å². The molecule has 2 nitrogen and oxygen atoms in total. The topological polar surface area (TPSA) is 40.9 Å². The molecule has 1 rings (SSSR count). The Morgan fingerprint density at radius 3 is 2.41 bits per heavy atom. The van der Waals surface area contributed by atoms with Crippen LogP contribution in [0.1, 0.15) is 21.5 Å². The Morgan fingerprint density at radius 2 is 2.00 bits per heavy atom. The van der Waals surface area contributed by atoms with E-state index in [-0.39, 0.29) is 0 Å². The van der Waals surface area contributed by atoms with Crippen LogP contribution in [-0.2, 0) is 6.18 Å². The summed E-state index contributed by atoms with van der Waals surface area (Å²) in [6, 6.07) is 2.40. The average molecular weight is 266 g/mol. The monoisotopic (exact) mass is 265 g/mol. The lowest BCUT2D eigenvalue weighted by Gasteiger charge is -2.13. The van der Waals surface area contributed by atoms with Gasteiger partial charge in [0.1, 0.15) is 17.4 Å². The molecule has 0 bridgehead atoms. The number of halogens is 5. The summed E-state index contributed by atoms with van der Waals surface area (Å²) < 4.78 is 51.0. The standard InChI is InChI=1S/C10H4ClF4NO/c11-3-8(17)5-1-2-7(12)6(4-16)9(5)10(13,14)15/h1-2H,3H2. The van der Waals surface area contributed by atoms with Crippen LogP contribution >= 0.6 is 11.6 Å². The first-order valence-corrected chi connectivity index (χ1v) is 4.75. The summed E-state index contributed by atoms with van der Waals surface area (Å²) in [5, 5.41) is 8.51. The van der Waals surface area contributed by atoms with Crippen molar-refractivity contribution >= 4 is 17.4 Å². The van der Waals surface area contributed by atoms with E-state index in [2.05, 4.69) is 0 Å². The molecule has 0 saturated carbocycles. The van der Waals surface area contributed by atoms with Crippen molar-refractivity contribution in [3.05, 3.63) is 34.6 Å². The van der Waals surface area contributed by atoms with Gasteiger partial charge in [-0.05, 0) is 12.1 Å². The third-order valence-corrected chi connectivity index (χ3v) is 2.21. The van der Waals surface area contributed by atoms with Crippen LogP contribution in [0.25, 0.3) is 0 Å². The minimum atomic E-state index is -5.00. The Kier molecular flexibility index (Phi) is 3.73. The predicted octanol–water partition coefficient (Wildman–Crippen LogP) is 3.14. The highest BCUT2D eigenvalue weighted by Gasteiger charge is 2.39. The normalized spacial score (nSPS) is 11.1. The van der Waals surface area contributed by atoms with E-state index >= 15 is 0 Å². The number of ketones is 1. The van der Waals surface area contributed by atoms with Crippen LogP contribution < -0.4 is 0 Å². The second-order valence-electron chi connectivity index (χ2n) is 3.01. The Morgan fingerprint density at radius 1 is 1.41 bits per heavy atom. The number of alkyl halides is 4. The number of carbonyl (C=O) groups excluding carboxylic acids is 1. The molecule has 1 aromatic carbocycles. The van der Waals surface area contributed by atoms with Crippen molar-refractivity contribution in [2.75, 3.05) is 5.88 Å². The summed E-state index contributed by atoms with van der Waals surface area (Å²) in [5.74, 6) is -3.03. The molecule has 0 radical (unpaired) electrons. The first kappa shape index (κ1) is 13.5. The van der Waals surface area contributed by atoms with Crippen LogP contribution in [0.15, 0.2) is 12.1 Å². The van der Waals surface area contributed by atoms with E-state index in [9.17, 15) is 22.4 Å². The largest absolute Gasteiger partial charge is 0.418 e. The number of carbonyl (C=O) groups is 1. The Hall–Kier alpha value is -1.61. The Balaban J connectivity index is 3.65. The fourth-order valence-corrected chi connectivity index (χ4v) is 1.43. The zero-order valence-electron chi connectivity index (χ0n) is 8.11. The summed E-state index contributed by atoms with van der Waals surface area (Å²) in [7, 11) is 0. The molecule has 0 heterocycles. The average Bonchev–Trinajstić information content (AvgIpc) is 2.26. The van der Waals surface area contributed by atoms with Gasteiger partial charge >= 0.3 is 6.18 Å². The van der Waals surface area contributed by atoms with E-state index in [1.807, 2.05) is 0 Å². The number of nitrogens with zero attached hydrogens (tertiary/aromatic N) is 1. The van der Waals surface area contributed by atoms with Crippen LogP contribution in [0.3, 0.4) is 0 Å². The molecular weight excluding hydrogens is 262 g/mol. The quantitative estimate of drug-likeness (QED) is 0.468. The van der Waals surface area contributed by atoms with Gasteiger partial charge in [-0.15, -0.1) is 11.6 Å². The molecule has 0 aliphatic heterocycles. The van der Waals surface area contributed by atoms with E-state index in [1.165, 1.54) is 0 Å². The van der Waals surface area contributed by atoms with Crippen molar-refractivity contribution in [3.8, 4) is 6.07 Å². The molecular formula is C10H4ClF4NO. The molecule has 0 fully saturated rings. The van der Waals surface area contributed by atoms with E-state index < -0.39 is 40.3 Å². The number of nitriles is 1. The van der Waals surface area contributed by atoms with Gasteiger partial charge in [-0.2, -0.15) is 18.4 Å². The number of hydrogen-bond donors (Lipinski definition) is 0. The molecule has 90 valence electrons. The van der Waals surface area contributed by atoms with Crippen LogP contribution in [0, 0.1) is 17.1 Å². The van der Waals surface area contributed by atoms with E-state index in [4.69, 9.17) is 16.9 Å². The molecule has 0 N–H and O–H groups in total. The second-order valence-corrected chi connectivity index (χ2v) is 3.28. The van der Waals surface area contributed by atoms with Crippen molar-refractivity contribution in [1.82, 2.24) is 0 Å². The van der Waals surface area contributed by atoms with Crippen molar-refractivity contribution < 1.29 is 22.4 Å². The van der Waals surface area contributed by atoms with Gasteiger partial charge in [0, 0.05) is 5.56 Å². The minimum absolute atomic E-state index is 0.633. The molecule has 1 aromatic rings. The van der Waals surface area contributed by atoms with Crippen molar-refractivity contribution in [1.29, 1.82) is 5.26 Å². The zero-order chi connectivity index (χ0) is 13.2. The molecule has 0 aliphatic carbocycles. The highest BCUT2D eigenvalue weighted by molar-refractivity contribution is 6.30. The number of hydrogen-bond acceptors (Lipinski definition) is 2. The summed E-state index contributed by atoms with van der Waals surface area (Å²) >= 11 is 5.15. The Labute approximate surface area is 98.4 Å². The van der Waals surface area contributed by atoms with E-state index in [1.54, 1.807) is 0 Å². The van der Waals surface area contributed by atoms with Crippen LogP contribution in [-0.4, -0.2) is 11.7 Å². The molecule has 0 aliphatic rings. The molecule has 0 unspecified atom stereocenters. The van der Waals surface area contributed by atoms with Gasteiger partial charge in [0.05, 0.1) is 11.4 Å². The van der Waals surface area contributed by atoms with Crippen LogP contribution in [0.5, 0.6) is 0 Å². The molecule has 17 heavy (non-hydrogen) atoms. The summed E-state index contributed by atoms with van der Waals surface area (Å²) in [5.41, 5.74) is -3.58. The third kappa shape index (κ3) is 2.56. The minimum Gasteiger partial charge on any atom is -0.293 e. The molecule has 0 spiro atoms. The van der Waals surface area contributed by atoms with Gasteiger partial charge < -0.3 is 0 Å². The molecule has 0 aromatic heterocycles. The van der Waals surface area contributed by atoms with Crippen LogP contribution in [0.2, 0.25) is 0 Å². The summed E-state index contributed by atoms with van der Waals surface area (Å²) in [6.07, 6.45) is -5.00. The number of Topliss-reactive ketones (excluding diaryl/α,β-unsaturated/α-hetero) is 1. The fourth-order valence-electron chi connectivity index (χ4n) is 1.29. The van der Waals surface area contributed by atoms with Crippen molar-refractivity contribution in [2.45, 2.75) is 6.18 Å². The summed E-state index contributed by atoms with van der Waals surface area (Å²) in [4.78, 5) is 11.2. The smallest absolute Gasteiger partial charge is 0.293 e. The molecule has 0 atom stereocenters. The van der Waals surface area contributed by atoms with Gasteiger partial charge in [-0.1, -0.05) is 0 Å². The number of benzene rings is 1. The Bertz CT molecular complexity index is 504. The predicted molar refractivity (Wildman–Crippen MR) is 51.2 cm³/mol. The lowest BCUT2D eigenvalue weighted by Crippen LogP contribution is -2.17. The zero-order valence-corrected chi connectivity index (χ0v) is 8.86. The summed E-state index contributed by atoms with van der Waals surface area (Å²) in [6.45, 7) is 0. The van der Waals surface area contributed by atoms with E-state index in [0.717, 1.165) is 6.07 Å². The maximum absolute atomic E-state index is 13.1. The molecule has 0 amide bonds. The van der Waals surface area contributed by atoms with Gasteiger partial charge in [0.25, 0.3) is 0 Å². The van der Waals surface area contributed by atoms with Crippen LogP contribution in [0.4, 0.5) is 17.6 Å². The van der Waals surface area contributed by atoms with Gasteiger partial charge in [-0.3, -0.25) is 4.79 Å². The molecule has 0 saturated heterocycles. The van der Waals surface area contributed by atoms with Gasteiger partial charge in [0.2, 0.25) is 0 Å². The maximum Gasteiger partial charge on any atom is 0.418 e. The third-order valence-electron chi connectivity index (χ3n) is 1.97. The first-order chi connectivity index (χ1) is 7.82.